The molecule has 7 nitrogen and oxygen atoms in total. The number of nitrogens with zero attached hydrogens (tertiary/aromatic N) is 1. The number of carbonyl (C=O) groups is 3. The summed E-state index contributed by atoms with van der Waals surface area (Å²) in [7, 11) is 0. The van der Waals surface area contributed by atoms with E-state index in [-0.39, 0.29) is 23.4 Å². The van der Waals surface area contributed by atoms with Crippen molar-refractivity contribution in [2.24, 2.45) is 17.8 Å². The number of imide groups is 1. The molecule has 0 aromatic heterocycles. The van der Waals surface area contributed by atoms with Crippen molar-refractivity contribution in [2.75, 3.05) is 0 Å². The van der Waals surface area contributed by atoms with Gasteiger partial charge in [0.2, 0.25) is 11.8 Å². The number of carboxylic acid groups (broad SMARTS) is 1. The van der Waals surface area contributed by atoms with Crippen molar-refractivity contribution in [3.8, 4) is 11.5 Å². The van der Waals surface area contributed by atoms with Crippen LogP contribution >= 0.6 is 0 Å². The molecule has 1 saturated carbocycles. The van der Waals surface area contributed by atoms with E-state index in [0.717, 1.165) is 31.4 Å². The number of halogens is 3. The van der Waals surface area contributed by atoms with Crippen molar-refractivity contribution in [1.29, 1.82) is 0 Å². The van der Waals surface area contributed by atoms with Crippen LogP contribution in [0.1, 0.15) is 69.5 Å². The van der Waals surface area contributed by atoms with Gasteiger partial charge in [-0.05, 0) is 54.7 Å². The lowest BCUT2D eigenvalue weighted by Crippen LogP contribution is -2.60. The second-order valence-electron chi connectivity index (χ2n) is 11.1. The lowest BCUT2D eigenvalue weighted by Gasteiger charge is -2.37. The number of alkyl halides is 3. The summed E-state index contributed by atoms with van der Waals surface area (Å²) in [5.41, 5.74) is -1.98. The summed E-state index contributed by atoms with van der Waals surface area (Å²) in [6.07, 6.45) is 0.205. The number of hydrogen-bond donors (Lipinski definition) is 2. The maximum absolute atomic E-state index is 13.9. The summed E-state index contributed by atoms with van der Waals surface area (Å²) in [6, 6.07) is 9.98. The molecule has 40 heavy (non-hydrogen) atoms. The monoisotopic (exact) mass is 558 g/mol. The Balaban J connectivity index is 1.53. The number of ether oxygens (including phenoxy) is 1. The number of carboxylic acids is 1. The number of hydrogen-bond acceptors (Lipinski definition) is 5. The molecule has 1 aliphatic carbocycles. The first-order valence-corrected chi connectivity index (χ1v) is 13.8. The fraction of sp³-hybridized carbons (Fsp3) is 0.500. The molecule has 2 heterocycles. The van der Waals surface area contributed by atoms with E-state index >= 15 is 0 Å². The van der Waals surface area contributed by atoms with E-state index in [9.17, 15) is 32.7 Å². The van der Waals surface area contributed by atoms with Crippen LogP contribution in [-0.2, 0) is 20.6 Å². The Morgan fingerprint density at radius 3 is 2.35 bits per heavy atom. The Kier molecular flexibility index (Phi) is 7.41. The van der Waals surface area contributed by atoms with Gasteiger partial charge < -0.3 is 9.84 Å². The van der Waals surface area contributed by atoms with Gasteiger partial charge in [0.1, 0.15) is 17.0 Å². The average molecular weight is 559 g/mol. The molecule has 0 radical (unpaired) electrons. The van der Waals surface area contributed by atoms with Crippen molar-refractivity contribution in [2.45, 2.75) is 76.2 Å². The minimum Gasteiger partial charge on any atom is -0.480 e. The van der Waals surface area contributed by atoms with Crippen LogP contribution in [0.4, 0.5) is 13.2 Å². The first-order valence-electron chi connectivity index (χ1n) is 13.8. The minimum absolute atomic E-state index is 0.0145. The van der Waals surface area contributed by atoms with Gasteiger partial charge in [-0.2, -0.15) is 13.2 Å². The van der Waals surface area contributed by atoms with Gasteiger partial charge >= 0.3 is 12.1 Å². The van der Waals surface area contributed by atoms with E-state index in [2.05, 4.69) is 5.32 Å². The highest BCUT2D eigenvalue weighted by molar-refractivity contribution is 6.09. The average Bonchev–Trinajstić information content (AvgIpc) is 3.43. The summed E-state index contributed by atoms with van der Waals surface area (Å²) in [5, 5.41) is 13.8. The zero-order valence-electron chi connectivity index (χ0n) is 22.4. The Hall–Kier alpha value is -3.40. The third-order valence-corrected chi connectivity index (χ3v) is 8.93. The van der Waals surface area contributed by atoms with Crippen LogP contribution in [0.25, 0.3) is 0 Å². The van der Waals surface area contributed by atoms with Crippen molar-refractivity contribution >= 4 is 17.8 Å². The van der Waals surface area contributed by atoms with Gasteiger partial charge in [0, 0.05) is 12.1 Å². The molecular formula is C30H33F3N2O5. The van der Waals surface area contributed by atoms with E-state index in [4.69, 9.17) is 4.74 Å². The molecule has 0 bridgehead atoms. The highest BCUT2D eigenvalue weighted by Crippen LogP contribution is 2.53. The van der Waals surface area contributed by atoms with Crippen molar-refractivity contribution in [1.82, 2.24) is 10.2 Å². The van der Waals surface area contributed by atoms with Gasteiger partial charge in [0.25, 0.3) is 0 Å². The zero-order chi connectivity index (χ0) is 28.8. The van der Waals surface area contributed by atoms with Crippen molar-refractivity contribution < 1.29 is 37.4 Å². The second-order valence-corrected chi connectivity index (χ2v) is 11.1. The second kappa shape index (κ2) is 10.5. The summed E-state index contributed by atoms with van der Waals surface area (Å²) < 4.78 is 45.3. The minimum atomic E-state index is -4.53. The molecule has 10 heteroatoms. The van der Waals surface area contributed by atoms with Gasteiger partial charge in [0.15, 0.2) is 0 Å². The molecular weight excluding hydrogens is 525 g/mol. The molecule has 0 spiro atoms. The maximum atomic E-state index is 13.9. The predicted molar refractivity (Wildman–Crippen MR) is 139 cm³/mol. The number of fused-ring (bicyclic) bond motifs is 1. The number of carbonyl (C=O) groups excluding carboxylic acids is 2. The maximum Gasteiger partial charge on any atom is 0.416 e. The number of amides is 2. The van der Waals surface area contributed by atoms with Gasteiger partial charge in [-0.15, -0.1) is 0 Å². The van der Waals surface area contributed by atoms with Crippen molar-refractivity contribution in [3.63, 3.8) is 0 Å². The fourth-order valence-electron chi connectivity index (χ4n) is 6.77. The Morgan fingerprint density at radius 2 is 1.73 bits per heavy atom. The van der Waals surface area contributed by atoms with E-state index in [1.165, 1.54) is 17.0 Å². The fourth-order valence-corrected chi connectivity index (χ4v) is 6.77. The SMILES string of the molecule is CCC(C)C1(C(=O)O)NC(c2cccc(Oc3cccc(C(F)(F)F)c3)c2)C2C(=O)N(C3CCCCC3)C(=O)C21. The van der Waals surface area contributed by atoms with Crippen LogP contribution in [0.5, 0.6) is 11.5 Å². The van der Waals surface area contributed by atoms with E-state index < -0.39 is 53.0 Å². The summed E-state index contributed by atoms with van der Waals surface area (Å²) >= 11 is 0. The quantitative estimate of drug-likeness (QED) is 0.408. The van der Waals surface area contributed by atoms with E-state index in [1.54, 1.807) is 31.2 Å². The Morgan fingerprint density at radius 1 is 1.07 bits per heavy atom. The summed E-state index contributed by atoms with van der Waals surface area (Å²) in [5.74, 6) is -4.23. The molecule has 3 fully saturated rings. The predicted octanol–water partition coefficient (Wildman–Crippen LogP) is 5.95. The van der Waals surface area contributed by atoms with Gasteiger partial charge in [-0.25, -0.2) is 0 Å². The molecule has 3 aliphatic rings. The molecule has 5 unspecified atom stereocenters. The number of rotatable bonds is 7. The highest BCUT2D eigenvalue weighted by Gasteiger charge is 2.70. The number of aliphatic carboxylic acids is 1. The molecule has 5 atom stereocenters. The molecule has 2 aromatic carbocycles. The van der Waals surface area contributed by atoms with E-state index in [1.807, 2.05) is 6.92 Å². The largest absolute Gasteiger partial charge is 0.480 e. The zero-order valence-corrected chi connectivity index (χ0v) is 22.4. The van der Waals surface area contributed by atoms with Gasteiger partial charge in [0.05, 0.1) is 17.4 Å². The third kappa shape index (κ3) is 4.66. The van der Waals surface area contributed by atoms with Crippen LogP contribution in [-0.4, -0.2) is 39.4 Å². The highest BCUT2D eigenvalue weighted by atomic mass is 19.4. The van der Waals surface area contributed by atoms with Gasteiger partial charge in [-0.3, -0.25) is 24.6 Å². The lowest BCUT2D eigenvalue weighted by molar-refractivity contribution is -0.155. The first-order chi connectivity index (χ1) is 19.0. The molecule has 214 valence electrons. The normalized spacial score (nSPS) is 28.0. The van der Waals surface area contributed by atoms with Crippen molar-refractivity contribution in [3.05, 3.63) is 59.7 Å². The molecule has 2 saturated heterocycles. The summed E-state index contributed by atoms with van der Waals surface area (Å²) in [6.45, 7) is 3.62. The lowest BCUT2D eigenvalue weighted by atomic mass is 9.72. The molecule has 2 aliphatic heterocycles. The Labute approximate surface area is 230 Å². The molecule has 2 amide bonds. The van der Waals surface area contributed by atoms with Crippen LogP contribution in [0.2, 0.25) is 0 Å². The topological polar surface area (TPSA) is 95.9 Å². The third-order valence-electron chi connectivity index (χ3n) is 8.93. The van der Waals surface area contributed by atoms with Gasteiger partial charge in [-0.1, -0.05) is 57.7 Å². The molecule has 2 N–H and O–H groups in total. The smallest absolute Gasteiger partial charge is 0.416 e. The van der Waals surface area contributed by atoms with Crippen LogP contribution in [0, 0.1) is 17.8 Å². The molecule has 5 rings (SSSR count). The Bertz CT molecular complexity index is 1310. The number of nitrogens with one attached hydrogen (secondary N) is 1. The van der Waals surface area contributed by atoms with Crippen LogP contribution in [0.3, 0.4) is 0 Å². The number of likely N-dealkylation sites (tertiary alicyclic amines) is 1. The first kappa shape index (κ1) is 28.1. The molecule has 2 aromatic rings. The van der Waals surface area contributed by atoms with Crippen LogP contribution < -0.4 is 10.1 Å². The van der Waals surface area contributed by atoms with Crippen LogP contribution in [0.15, 0.2) is 48.5 Å². The standard InChI is InChI=1S/C30H33F3N2O5/c1-3-17(2)29(28(38)39)24-23(26(36)35(27(24)37)20-11-5-4-6-12-20)25(34-29)18-9-7-13-21(15-18)40-22-14-8-10-19(16-22)30(31,32)33/h7-10,13-17,20,23-25,34H,3-6,11-12H2,1-2H3,(H,38,39). The number of benzene rings is 2. The summed E-state index contributed by atoms with van der Waals surface area (Å²) in [4.78, 5) is 42.1. The van der Waals surface area contributed by atoms with E-state index in [0.29, 0.717) is 24.8 Å².